The second-order valence-corrected chi connectivity index (χ2v) is 6.53. The molecule has 1 aliphatic rings. The number of hydrogen-bond donors (Lipinski definition) is 1. The molecule has 26 heavy (non-hydrogen) atoms. The summed E-state index contributed by atoms with van der Waals surface area (Å²) in [5, 5.41) is 3.24. The molecular weight excluding hydrogens is 330 g/mol. The average molecular weight is 355 g/mol. The number of hydrogen-bond acceptors (Lipinski definition) is 6. The fraction of sp³-hybridized carbons (Fsp3) is 0.474. The van der Waals surface area contributed by atoms with Crippen molar-refractivity contribution in [2.75, 3.05) is 25.6 Å². The van der Waals surface area contributed by atoms with Crippen molar-refractivity contribution in [2.24, 2.45) is 0 Å². The number of carbonyl (C=O) groups excluding carboxylic acids is 1. The van der Waals surface area contributed by atoms with Crippen molar-refractivity contribution in [2.45, 2.75) is 39.2 Å². The van der Waals surface area contributed by atoms with Crippen molar-refractivity contribution < 1.29 is 9.53 Å². The maximum absolute atomic E-state index is 12.5. The molecule has 1 aliphatic heterocycles. The minimum atomic E-state index is -0.0784. The lowest BCUT2D eigenvalue weighted by molar-refractivity contribution is -0.133. The van der Waals surface area contributed by atoms with Crippen LogP contribution in [0.15, 0.2) is 24.3 Å². The number of aryl methyl sites for hydroxylation is 2. The summed E-state index contributed by atoms with van der Waals surface area (Å²) in [6.07, 6.45) is 2.23. The molecular formula is C19H25N5O2. The number of amides is 1. The van der Waals surface area contributed by atoms with Gasteiger partial charge in [0, 0.05) is 31.1 Å². The quantitative estimate of drug-likeness (QED) is 0.858. The van der Waals surface area contributed by atoms with Crippen LogP contribution in [0.1, 0.15) is 42.5 Å². The monoisotopic (exact) mass is 355 g/mol. The van der Waals surface area contributed by atoms with Crippen LogP contribution in [0.25, 0.3) is 0 Å². The number of carbonyl (C=O) groups is 1. The molecule has 3 heterocycles. The molecule has 0 radical (unpaired) electrons. The van der Waals surface area contributed by atoms with Gasteiger partial charge in [-0.25, -0.2) is 15.0 Å². The highest BCUT2D eigenvalue weighted by atomic mass is 16.5. The molecule has 1 atom stereocenters. The minimum Gasteiger partial charge on any atom is -0.384 e. The third kappa shape index (κ3) is 4.35. The zero-order chi connectivity index (χ0) is 18.5. The smallest absolute Gasteiger partial charge is 0.225 e. The van der Waals surface area contributed by atoms with Crippen LogP contribution in [0.3, 0.4) is 0 Å². The topological polar surface area (TPSA) is 80.2 Å². The minimum absolute atomic E-state index is 0.0784. The van der Waals surface area contributed by atoms with Gasteiger partial charge in [0.15, 0.2) is 5.82 Å². The molecule has 1 saturated heterocycles. The maximum Gasteiger partial charge on any atom is 0.225 e. The first-order valence-electron chi connectivity index (χ1n) is 8.91. The molecule has 0 saturated carbocycles. The van der Waals surface area contributed by atoms with Crippen LogP contribution >= 0.6 is 0 Å². The summed E-state index contributed by atoms with van der Waals surface area (Å²) < 4.78 is 5.03. The Hall–Kier alpha value is -2.54. The average Bonchev–Trinajstić information content (AvgIpc) is 3.09. The van der Waals surface area contributed by atoms with Gasteiger partial charge in [-0.2, -0.15) is 0 Å². The summed E-state index contributed by atoms with van der Waals surface area (Å²) in [5.74, 6) is 2.22. The molecule has 1 fully saturated rings. The maximum atomic E-state index is 12.5. The predicted octanol–water partition coefficient (Wildman–Crippen LogP) is 2.93. The third-order valence-electron chi connectivity index (χ3n) is 4.41. The first-order chi connectivity index (χ1) is 12.6. The normalized spacial score (nSPS) is 16.7. The molecule has 0 bridgehead atoms. The van der Waals surface area contributed by atoms with E-state index in [4.69, 9.17) is 4.74 Å². The van der Waals surface area contributed by atoms with E-state index in [1.54, 1.807) is 7.11 Å². The van der Waals surface area contributed by atoms with Gasteiger partial charge in [0.1, 0.15) is 11.6 Å². The van der Waals surface area contributed by atoms with Crippen LogP contribution in [0.2, 0.25) is 0 Å². The number of pyridine rings is 1. The van der Waals surface area contributed by atoms with E-state index in [2.05, 4.69) is 20.3 Å². The Morgan fingerprint density at radius 3 is 2.85 bits per heavy atom. The summed E-state index contributed by atoms with van der Waals surface area (Å²) >= 11 is 0. The first-order valence-corrected chi connectivity index (χ1v) is 8.91. The van der Waals surface area contributed by atoms with E-state index in [9.17, 15) is 4.79 Å². The molecule has 2 aromatic heterocycles. The number of methoxy groups -OCH3 is 1. The van der Waals surface area contributed by atoms with Crippen molar-refractivity contribution >= 4 is 17.5 Å². The Morgan fingerprint density at radius 1 is 1.23 bits per heavy atom. The summed E-state index contributed by atoms with van der Waals surface area (Å²) in [6.45, 7) is 5.06. The lowest BCUT2D eigenvalue weighted by atomic mass is 10.2. The van der Waals surface area contributed by atoms with Crippen molar-refractivity contribution in [3.8, 4) is 0 Å². The number of nitrogens with one attached hydrogen (secondary N) is 1. The molecule has 0 spiro atoms. The van der Waals surface area contributed by atoms with E-state index in [1.807, 2.05) is 43.0 Å². The number of likely N-dealkylation sites (tertiary alicyclic amines) is 1. The third-order valence-corrected chi connectivity index (χ3v) is 4.41. The second kappa shape index (κ2) is 8.23. The number of nitrogens with zero attached hydrogens (tertiary/aromatic N) is 4. The van der Waals surface area contributed by atoms with E-state index in [0.29, 0.717) is 24.7 Å². The van der Waals surface area contributed by atoms with E-state index in [1.165, 1.54) is 0 Å². The number of ether oxygens (including phenoxy) is 1. The van der Waals surface area contributed by atoms with Gasteiger partial charge in [0.05, 0.1) is 19.1 Å². The van der Waals surface area contributed by atoms with E-state index >= 15 is 0 Å². The van der Waals surface area contributed by atoms with Crippen LogP contribution in [0.5, 0.6) is 0 Å². The van der Waals surface area contributed by atoms with Crippen LogP contribution in [0.4, 0.5) is 11.6 Å². The van der Waals surface area contributed by atoms with Crippen LogP contribution < -0.4 is 5.32 Å². The van der Waals surface area contributed by atoms with Crippen LogP contribution in [0, 0.1) is 13.8 Å². The molecule has 7 nitrogen and oxygen atoms in total. The van der Waals surface area contributed by atoms with Gasteiger partial charge in [0.2, 0.25) is 5.91 Å². The van der Waals surface area contributed by atoms with Gasteiger partial charge in [-0.15, -0.1) is 0 Å². The second-order valence-electron chi connectivity index (χ2n) is 6.53. The van der Waals surface area contributed by atoms with Crippen molar-refractivity contribution in [1.29, 1.82) is 0 Å². The Bertz CT molecular complexity index is 780. The molecule has 138 valence electrons. The van der Waals surface area contributed by atoms with Gasteiger partial charge in [-0.3, -0.25) is 4.79 Å². The van der Waals surface area contributed by atoms with Crippen LogP contribution in [-0.2, 0) is 9.53 Å². The highest BCUT2D eigenvalue weighted by Gasteiger charge is 2.32. The van der Waals surface area contributed by atoms with Crippen molar-refractivity contribution in [1.82, 2.24) is 19.9 Å². The summed E-state index contributed by atoms with van der Waals surface area (Å²) in [6, 6.07) is 7.61. The Labute approximate surface area is 153 Å². The summed E-state index contributed by atoms with van der Waals surface area (Å²) in [4.78, 5) is 28.0. The van der Waals surface area contributed by atoms with E-state index < -0.39 is 0 Å². The summed E-state index contributed by atoms with van der Waals surface area (Å²) in [7, 11) is 1.61. The molecule has 3 rings (SSSR count). The van der Waals surface area contributed by atoms with Crippen molar-refractivity contribution in [3.63, 3.8) is 0 Å². The standard InChI is InChI=1S/C19H25N5O2/c1-13-6-4-8-16(20-13)22-17-12-14(2)21-19(23-17)15-7-5-10-24(15)18(25)9-11-26-3/h4,6,8,12,15H,5,7,9-11H2,1-3H3,(H,20,21,22,23). The van der Waals surface area contributed by atoms with Crippen LogP contribution in [-0.4, -0.2) is 46.0 Å². The zero-order valence-corrected chi connectivity index (χ0v) is 15.5. The van der Waals surface area contributed by atoms with Crippen molar-refractivity contribution in [3.05, 3.63) is 41.5 Å². The van der Waals surface area contributed by atoms with Gasteiger partial charge in [-0.1, -0.05) is 6.07 Å². The fourth-order valence-corrected chi connectivity index (χ4v) is 3.22. The Morgan fingerprint density at radius 2 is 2.08 bits per heavy atom. The molecule has 1 amide bonds. The zero-order valence-electron chi connectivity index (χ0n) is 15.5. The molecule has 1 unspecified atom stereocenters. The van der Waals surface area contributed by atoms with Gasteiger partial charge in [0.25, 0.3) is 0 Å². The summed E-state index contributed by atoms with van der Waals surface area (Å²) in [5.41, 5.74) is 1.80. The SMILES string of the molecule is COCCC(=O)N1CCCC1c1nc(C)cc(Nc2cccc(C)n2)n1. The highest BCUT2D eigenvalue weighted by molar-refractivity contribution is 5.77. The van der Waals surface area contributed by atoms with E-state index in [0.717, 1.165) is 36.6 Å². The van der Waals surface area contributed by atoms with Gasteiger partial charge >= 0.3 is 0 Å². The van der Waals surface area contributed by atoms with Gasteiger partial charge in [-0.05, 0) is 38.8 Å². The molecule has 0 aliphatic carbocycles. The van der Waals surface area contributed by atoms with E-state index in [-0.39, 0.29) is 11.9 Å². The Kier molecular flexibility index (Phi) is 5.78. The Balaban J connectivity index is 1.81. The lowest BCUT2D eigenvalue weighted by Crippen LogP contribution is -2.32. The fourth-order valence-electron chi connectivity index (χ4n) is 3.22. The number of rotatable bonds is 6. The van der Waals surface area contributed by atoms with Gasteiger partial charge < -0.3 is 15.0 Å². The first kappa shape index (κ1) is 18.3. The number of anilines is 2. The predicted molar refractivity (Wildman–Crippen MR) is 99.2 cm³/mol. The molecule has 2 aromatic rings. The largest absolute Gasteiger partial charge is 0.384 e. The lowest BCUT2D eigenvalue weighted by Gasteiger charge is -2.24. The molecule has 7 heteroatoms. The molecule has 0 aromatic carbocycles. The molecule has 1 N–H and O–H groups in total. The highest BCUT2D eigenvalue weighted by Crippen LogP contribution is 2.31. The number of aromatic nitrogens is 3.